The number of hydrogen-bond donors (Lipinski definition) is 5. The summed E-state index contributed by atoms with van der Waals surface area (Å²) in [6.07, 6.45) is 6.09. The van der Waals surface area contributed by atoms with Crippen LogP contribution in [0.4, 0.5) is 9.59 Å². The second-order valence-electron chi connectivity index (χ2n) is 19.7. The third kappa shape index (κ3) is 7.71. The molecule has 15 nitrogen and oxygen atoms in total. The Morgan fingerprint density at radius 1 is 0.612 bits per heavy atom. The van der Waals surface area contributed by atoms with Gasteiger partial charge in [-0.1, -0.05) is 102 Å². The number of benzene rings is 3. The van der Waals surface area contributed by atoms with Crippen molar-refractivity contribution in [3.8, 4) is 44.8 Å². The van der Waals surface area contributed by atoms with Gasteiger partial charge in [-0.2, -0.15) is 0 Å². The number of amides is 4. The second kappa shape index (κ2) is 17.1. The van der Waals surface area contributed by atoms with Gasteiger partial charge in [-0.3, -0.25) is 9.59 Å². The van der Waals surface area contributed by atoms with E-state index in [1.165, 1.54) is 14.2 Å². The van der Waals surface area contributed by atoms with Crippen LogP contribution in [0.5, 0.6) is 0 Å². The van der Waals surface area contributed by atoms with Crippen molar-refractivity contribution in [3.63, 3.8) is 0 Å². The Labute approximate surface area is 389 Å². The molecule has 4 aliphatic rings. The molecule has 0 radical (unpaired) electrons. The minimum atomic E-state index is -0.694. The van der Waals surface area contributed by atoms with E-state index in [1.54, 1.807) is 0 Å². The number of nitrogens with one attached hydrogen (secondary N) is 5. The molecule has 6 aromatic rings. The van der Waals surface area contributed by atoms with Gasteiger partial charge in [0.05, 0.1) is 55.6 Å². The number of rotatable bonds is 12. The zero-order chi connectivity index (χ0) is 47.0. The Hall–Kier alpha value is -6.90. The van der Waals surface area contributed by atoms with Crippen LogP contribution in [0.1, 0.15) is 78.1 Å². The number of fused-ring (bicyclic) bond motifs is 3. The summed E-state index contributed by atoms with van der Waals surface area (Å²) in [5.74, 6) is 2.71. The van der Waals surface area contributed by atoms with Crippen molar-refractivity contribution in [2.75, 3.05) is 14.2 Å². The highest BCUT2D eigenvalue weighted by atomic mass is 16.5. The smallest absolute Gasteiger partial charge is 0.407 e. The Balaban J connectivity index is 0.838. The van der Waals surface area contributed by atoms with E-state index in [1.807, 2.05) is 56.1 Å². The van der Waals surface area contributed by atoms with Gasteiger partial charge in [0.25, 0.3) is 0 Å². The molecule has 0 spiro atoms. The highest BCUT2D eigenvalue weighted by molar-refractivity contribution is 6.03. The molecule has 2 saturated carbocycles. The predicted octanol–water partition coefficient (Wildman–Crippen LogP) is 8.86. The van der Waals surface area contributed by atoms with Gasteiger partial charge in [-0.25, -0.2) is 19.6 Å². The normalized spacial score (nSPS) is 24.6. The summed E-state index contributed by atoms with van der Waals surface area (Å²) in [7, 11) is 2.61. The molecular weight excluding hydrogens is 847 g/mol. The van der Waals surface area contributed by atoms with E-state index in [4.69, 9.17) is 19.4 Å². The summed E-state index contributed by atoms with van der Waals surface area (Å²) in [5.41, 5.74) is 9.12. The van der Waals surface area contributed by atoms with Crippen molar-refractivity contribution < 1.29 is 28.7 Å². The van der Waals surface area contributed by atoms with Gasteiger partial charge in [-0.05, 0) is 82.2 Å². The van der Waals surface area contributed by atoms with Crippen LogP contribution < -0.4 is 10.6 Å². The van der Waals surface area contributed by atoms with Crippen molar-refractivity contribution in [2.24, 2.45) is 35.5 Å². The van der Waals surface area contributed by atoms with Gasteiger partial charge in [0.1, 0.15) is 23.7 Å². The van der Waals surface area contributed by atoms with Crippen molar-refractivity contribution in [1.82, 2.24) is 45.4 Å². The fraction of sp³-hybridized carbons (Fsp3) is 0.423. The molecule has 4 amide bonds. The molecule has 15 heteroatoms. The van der Waals surface area contributed by atoms with Crippen LogP contribution in [0.15, 0.2) is 85.3 Å². The number of piperidine rings is 2. The number of hydrogen-bond acceptors (Lipinski definition) is 8. The van der Waals surface area contributed by atoms with Crippen molar-refractivity contribution in [2.45, 2.75) is 90.6 Å². The number of methoxy groups -OCH3 is 2. The Kier molecular flexibility index (Phi) is 11.2. The third-order valence-electron chi connectivity index (χ3n) is 15.2. The fourth-order valence-corrected chi connectivity index (χ4v) is 11.3. The van der Waals surface area contributed by atoms with Crippen LogP contribution in [0.3, 0.4) is 0 Å². The predicted molar refractivity (Wildman–Crippen MR) is 254 cm³/mol. The topological polar surface area (TPSA) is 190 Å². The lowest BCUT2D eigenvalue weighted by atomic mass is 9.95. The van der Waals surface area contributed by atoms with Crippen LogP contribution in [0.2, 0.25) is 0 Å². The lowest BCUT2D eigenvalue weighted by Gasteiger charge is -2.32. The molecule has 0 bridgehead atoms. The summed E-state index contributed by atoms with van der Waals surface area (Å²) in [4.78, 5) is 76.4. The number of imidazole rings is 2. The fourth-order valence-electron chi connectivity index (χ4n) is 11.3. The van der Waals surface area contributed by atoms with E-state index in [-0.39, 0.29) is 47.8 Å². The Morgan fingerprint density at radius 3 is 1.46 bits per heavy atom. The monoisotopic (exact) mass is 905 g/mol. The summed E-state index contributed by atoms with van der Waals surface area (Å²) in [5, 5.41) is 6.64. The van der Waals surface area contributed by atoms with Crippen LogP contribution in [0, 0.1) is 35.5 Å². The van der Waals surface area contributed by atoms with Crippen molar-refractivity contribution in [3.05, 3.63) is 97.0 Å². The quantitative estimate of drug-likeness (QED) is 0.0805. The number of aromatic amines is 3. The van der Waals surface area contributed by atoms with Gasteiger partial charge in [0.2, 0.25) is 11.8 Å². The van der Waals surface area contributed by atoms with E-state index in [0.717, 1.165) is 80.2 Å². The maximum absolute atomic E-state index is 14.0. The average molecular weight is 906 g/mol. The molecular formula is C52H59N9O6. The first-order valence-corrected chi connectivity index (χ1v) is 23.5. The number of alkyl carbamates (subject to hydrolysis) is 2. The summed E-state index contributed by atoms with van der Waals surface area (Å²) >= 11 is 0. The van der Waals surface area contributed by atoms with E-state index >= 15 is 0 Å². The van der Waals surface area contributed by atoms with Gasteiger partial charge < -0.3 is 44.9 Å². The molecule has 2 aliphatic heterocycles. The molecule has 4 fully saturated rings. The molecule has 2 aliphatic carbocycles. The van der Waals surface area contributed by atoms with Gasteiger partial charge in [-0.15, -0.1) is 0 Å². The van der Waals surface area contributed by atoms with Gasteiger partial charge >= 0.3 is 12.2 Å². The number of nitrogens with zero attached hydrogens (tertiary/aromatic N) is 4. The third-order valence-corrected chi connectivity index (χ3v) is 15.2. The molecule has 10 atom stereocenters. The van der Waals surface area contributed by atoms with E-state index < -0.39 is 24.3 Å². The molecule has 5 heterocycles. The zero-order valence-electron chi connectivity index (χ0n) is 39.2. The Bertz CT molecular complexity index is 2660. The molecule has 10 rings (SSSR count). The maximum Gasteiger partial charge on any atom is 0.407 e. The first-order chi connectivity index (χ1) is 32.3. The SMILES string of the molecule is COC(=O)N[C@H](C(=O)N1[C@@H]2[C@H](C)[C@@H]2C[C@H]1c1ncc(-c2ccc(-c3ccc(-c4ccc(-c5cnc([C@@H]6C[C@H]7[C@@H](C)[C@H]7N6C(=O)[C@@H](NC(=O)OC)C(C)C)[nH]5)cc4)c4[nH]ccc34)cc2)[nH]1)C(C)C. The lowest BCUT2D eigenvalue weighted by molar-refractivity contribution is -0.137. The minimum absolute atomic E-state index is 0.102. The highest BCUT2D eigenvalue weighted by Gasteiger charge is 2.62. The molecule has 5 N–H and O–H groups in total. The maximum atomic E-state index is 14.0. The van der Waals surface area contributed by atoms with Crippen LogP contribution in [-0.2, 0) is 19.1 Å². The minimum Gasteiger partial charge on any atom is -0.453 e. The van der Waals surface area contributed by atoms with E-state index in [9.17, 15) is 19.2 Å². The molecule has 67 heavy (non-hydrogen) atoms. The van der Waals surface area contributed by atoms with Crippen molar-refractivity contribution >= 4 is 34.9 Å². The molecule has 2 saturated heterocycles. The standard InChI is InChI=1S/C52H59N9O6/c1-25(2)42(58-51(64)66-7)49(62)60-40(21-36-27(5)45(36)60)47-54-23-38(56-47)31-13-9-29(10-14-31)33-17-18-34(44-35(33)19-20-53-44)30-11-15-32(16-12-30)39-24-55-48(57-39)41-22-37-28(6)46(37)61(41)50(63)43(26(3)4)59-52(65)67-8/h9-20,23-28,36-37,40-43,45-46,53H,21-22H2,1-8H3,(H,54,56)(H,55,57)(H,58,64)(H,59,65)/t27-,28-,36+,37+,40+,41+,42+,43+,45-,46-/m1/s1. The average Bonchev–Trinajstić information content (AvgIpc) is 3.90. The van der Waals surface area contributed by atoms with Crippen LogP contribution >= 0.6 is 0 Å². The number of carbonyl (C=O) groups is 4. The highest BCUT2D eigenvalue weighted by Crippen LogP contribution is 2.59. The number of carbonyl (C=O) groups excluding carboxylic acids is 4. The number of ether oxygens (including phenoxy) is 2. The van der Waals surface area contributed by atoms with E-state index in [2.05, 4.69) is 106 Å². The summed E-state index contributed by atoms with van der Waals surface area (Å²) < 4.78 is 9.68. The molecule has 3 aromatic carbocycles. The van der Waals surface area contributed by atoms with Crippen molar-refractivity contribution in [1.29, 1.82) is 0 Å². The molecule has 0 unspecified atom stereocenters. The largest absolute Gasteiger partial charge is 0.453 e. The number of H-pyrrole nitrogens is 3. The Morgan fingerprint density at radius 2 is 1.03 bits per heavy atom. The van der Waals surface area contributed by atoms with E-state index in [0.29, 0.717) is 23.7 Å². The second-order valence-corrected chi connectivity index (χ2v) is 19.7. The zero-order valence-corrected chi connectivity index (χ0v) is 39.2. The van der Waals surface area contributed by atoms with Gasteiger partial charge in [0, 0.05) is 29.2 Å². The lowest BCUT2D eigenvalue weighted by Crippen LogP contribution is -2.52. The molecule has 348 valence electrons. The van der Waals surface area contributed by atoms with Crippen LogP contribution in [-0.4, -0.2) is 97.1 Å². The summed E-state index contributed by atoms with van der Waals surface area (Å²) in [6, 6.07) is 21.8. The van der Waals surface area contributed by atoms with Crippen LogP contribution in [0.25, 0.3) is 55.7 Å². The number of likely N-dealkylation sites (tertiary alicyclic amines) is 2. The summed E-state index contributed by atoms with van der Waals surface area (Å²) in [6.45, 7) is 12.1. The first kappa shape index (κ1) is 44.0. The molecule has 3 aromatic heterocycles. The number of aromatic nitrogens is 5. The van der Waals surface area contributed by atoms with Gasteiger partial charge in [0.15, 0.2) is 0 Å². The first-order valence-electron chi connectivity index (χ1n) is 23.5.